The van der Waals surface area contributed by atoms with Gasteiger partial charge in [0.25, 0.3) is 11.8 Å². The van der Waals surface area contributed by atoms with Crippen molar-refractivity contribution in [2.45, 2.75) is 13.5 Å². The molecule has 172 valence electrons. The smallest absolute Gasteiger partial charge is 0.335 e. The van der Waals surface area contributed by atoms with Gasteiger partial charge in [-0.1, -0.05) is 48.0 Å². The van der Waals surface area contributed by atoms with Crippen LogP contribution in [0.2, 0.25) is 5.02 Å². The van der Waals surface area contributed by atoms with Gasteiger partial charge in [0.1, 0.15) is 23.7 Å². The van der Waals surface area contributed by atoms with Gasteiger partial charge in [-0.2, -0.15) is 0 Å². The predicted molar refractivity (Wildman–Crippen MR) is 129 cm³/mol. The lowest BCUT2D eigenvalue weighted by Crippen LogP contribution is -2.54. The summed E-state index contributed by atoms with van der Waals surface area (Å²) in [4.78, 5) is 39.3. The molecule has 8 heteroatoms. The predicted octanol–water partition coefficient (Wildman–Crippen LogP) is 4.90. The zero-order valence-electron chi connectivity index (χ0n) is 18.5. The minimum absolute atomic E-state index is 0.164. The number of para-hydroxylation sites is 1. The third kappa shape index (κ3) is 4.65. The number of imide groups is 2. The molecule has 1 N–H and O–H groups in total. The lowest BCUT2D eigenvalue weighted by molar-refractivity contribution is -0.122. The molecule has 0 bridgehead atoms. The second-order valence-corrected chi connectivity index (χ2v) is 7.94. The molecule has 0 aromatic heterocycles. The van der Waals surface area contributed by atoms with E-state index in [-0.39, 0.29) is 12.2 Å². The molecule has 34 heavy (non-hydrogen) atoms. The van der Waals surface area contributed by atoms with Gasteiger partial charge in [-0.15, -0.1) is 0 Å². The van der Waals surface area contributed by atoms with Gasteiger partial charge in [-0.25, -0.2) is 9.69 Å². The first-order valence-electron chi connectivity index (χ1n) is 10.4. The molecule has 0 spiro atoms. The summed E-state index contributed by atoms with van der Waals surface area (Å²) in [7, 11) is 1.52. The van der Waals surface area contributed by atoms with Crippen LogP contribution >= 0.6 is 11.6 Å². The van der Waals surface area contributed by atoms with Crippen LogP contribution in [-0.2, 0) is 16.2 Å². The molecule has 0 radical (unpaired) electrons. The Morgan fingerprint density at radius 1 is 1.00 bits per heavy atom. The molecule has 0 aliphatic carbocycles. The number of aryl methyl sites for hydroxylation is 1. The molecule has 0 unspecified atom stereocenters. The van der Waals surface area contributed by atoms with Gasteiger partial charge in [-0.05, 0) is 42.8 Å². The number of nitrogens with one attached hydrogen (secondary N) is 1. The van der Waals surface area contributed by atoms with E-state index in [0.29, 0.717) is 33.3 Å². The normalized spacial score (nSPS) is 14.9. The third-order valence-electron chi connectivity index (χ3n) is 5.32. The lowest BCUT2D eigenvalue weighted by atomic mass is 10.0. The Labute approximate surface area is 201 Å². The fourth-order valence-electron chi connectivity index (χ4n) is 3.50. The zero-order chi connectivity index (χ0) is 24.2. The van der Waals surface area contributed by atoms with Crippen LogP contribution in [0.4, 0.5) is 10.5 Å². The number of ether oxygens (including phenoxy) is 2. The summed E-state index contributed by atoms with van der Waals surface area (Å²) in [5, 5.41) is 2.79. The zero-order valence-corrected chi connectivity index (χ0v) is 19.3. The topological polar surface area (TPSA) is 84.9 Å². The van der Waals surface area contributed by atoms with Gasteiger partial charge in [0.2, 0.25) is 0 Å². The molecule has 1 aliphatic rings. The van der Waals surface area contributed by atoms with Crippen LogP contribution in [0.5, 0.6) is 11.5 Å². The van der Waals surface area contributed by atoms with Crippen LogP contribution in [0, 0.1) is 6.92 Å². The van der Waals surface area contributed by atoms with Gasteiger partial charge in [-0.3, -0.25) is 14.9 Å². The van der Waals surface area contributed by atoms with E-state index in [1.807, 2.05) is 18.2 Å². The molecule has 0 atom stereocenters. The van der Waals surface area contributed by atoms with Crippen molar-refractivity contribution in [3.8, 4) is 11.5 Å². The van der Waals surface area contributed by atoms with Crippen molar-refractivity contribution in [2.75, 3.05) is 12.0 Å². The monoisotopic (exact) mass is 476 g/mol. The summed E-state index contributed by atoms with van der Waals surface area (Å²) >= 11 is 6.23. The Bertz CT molecular complexity index is 1320. The molecule has 1 fully saturated rings. The van der Waals surface area contributed by atoms with Gasteiger partial charge in [0.15, 0.2) is 0 Å². The van der Waals surface area contributed by atoms with Gasteiger partial charge < -0.3 is 9.47 Å². The highest BCUT2D eigenvalue weighted by Gasteiger charge is 2.37. The number of urea groups is 1. The van der Waals surface area contributed by atoms with Crippen LogP contribution in [0.1, 0.15) is 16.7 Å². The largest absolute Gasteiger partial charge is 0.497 e. The Balaban J connectivity index is 1.71. The summed E-state index contributed by atoms with van der Waals surface area (Å²) in [6, 6.07) is 18.4. The van der Waals surface area contributed by atoms with Crippen molar-refractivity contribution in [2.24, 2.45) is 0 Å². The summed E-state index contributed by atoms with van der Waals surface area (Å²) in [5.41, 5.74) is 2.15. The number of benzene rings is 3. The standard InChI is InChI=1S/C26H21ClN2O5/c1-16-7-3-6-10-22(16)29-25(31)20(24(30)28-26(29)32)13-17-11-12-19(33-2)14-23(17)34-15-18-8-4-5-9-21(18)27/h3-14H,15H2,1-2H3,(H,28,30,32)/b20-13+. The molecule has 1 saturated heterocycles. The highest BCUT2D eigenvalue weighted by Crippen LogP contribution is 2.30. The number of hydrogen-bond donors (Lipinski definition) is 1. The SMILES string of the molecule is COc1ccc(/C=C2\C(=O)NC(=O)N(c3ccccc3C)C2=O)c(OCc2ccccc2Cl)c1. The number of barbiturate groups is 1. The summed E-state index contributed by atoms with van der Waals surface area (Å²) < 4.78 is 11.3. The van der Waals surface area contributed by atoms with Gasteiger partial charge in [0, 0.05) is 22.2 Å². The first-order chi connectivity index (χ1) is 16.4. The van der Waals surface area contributed by atoms with E-state index in [1.165, 1.54) is 13.2 Å². The Morgan fingerprint density at radius 3 is 2.47 bits per heavy atom. The van der Waals surface area contributed by atoms with Crippen molar-refractivity contribution in [1.29, 1.82) is 0 Å². The van der Waals surface area contributed by atoms with Crippen LogP contribution < -0.4 is 19.7 Å². The second kappa shape index (κ2) is 9.80. The van der Waals surface area contributed by atoms with Crippen molar-refractivity contribution in [3.63, 3.8) is 0 Å². The number of methoxy groups -OCH3 is 1. The number of carbonyl (C=O) groups excluding carboxylic acids is 3. The van der Waals surface area contributed by atoms with E-state index < -0.39 is 17.8 Å². The number of amides is 4. The van der Waals surface area contributed by atoms with Gasteiger partial charge in [0.05, 0.1) is 12.8 Å². The van der Waals surface area contributed by atoms with Crippen LogP contribution in [0.3, 0.4) is 0 Å². The van der Waals surface area contributed by atoms with E-state index in [4.69, 9.17) is 21.1 Å². The molecule has 4 rings (SSSR count). The molecular weight excluding hydrogens is 456 g/mol. The van der Waals surface area contributed by atoms with Crippen LogP contribution in [0.25, 0.3) is 6.08 Å². The average molecular weight is 477 g/mol. The maximum absolute atomic E-state index is 13.3. The number of carbonyl (C=O) groups is 3. The van der Waals surface area contributed by atoms with E-state index in [9.17, 15) is 14.4 Å². The van der Waals surface area contributed by atoms with Gasteiger partial charge >= 0.3 is 6.03 Å². The highest BCUT2D eigenvalue weighted by molar-refractivity contribution is 6.39. The fraction of sp³-hybridized carbons (Fsp3) is 0.115. The Hall–Kier alpha value is -4.10. The van der Waals surface area contributed by atoms with Crippen molar-refractivity contribution >= 4 is 41.2 Å². The molecule has 7 nitrogen and oxygen atoms in total. The first-order valence-corrected chi connectivity index (χ1v) is 10.8. The molecular formula is C26H21ClN2O5. The number of hydrogen-bond acceptors (Lipinski definition) is 5. The molecule has 1 heterocycles. The molecule has 3 aromatic carbocycles. The lowest BCUT2D eigenvalue weighted by Gasteiger charge is -2.27. The van der Waals surface area contributed by atoms with Crippen LogP contribution in [-0.4, -0.2) is 25.0 Å². The summed E-state index contributed by atoms with van der Waals surface area (Å²) in [5.74, 6) is -0.595. The number of nitrogens with zero attached hydrogens (tertiary/aromatic N) is 1. The Kier molecular flexibility index (Phi) is 6.65. The summed E-state index contributed by atoms with van der Waals surface area (Å²) in [6.07, 6.45) is 1.40. The molecule has 4 amide bonds. The second-order valence-electron chi connectivity index (χ2n) is 7.53. The van der Waals surface area contributed by atoms with E-state index in [2.05, 4.69) is 5.32 Å². The fourth-order valence-corrected chi connectivity index (χ4v) is 3.69. The third-order valence-corrected chi connectivity index (χ3v) is 5.69. The molecule has 3 aromatic rings. The minimum atomic E-state index is -0.800. The molecule has 0 saturated carbocycles. The number of anilines is 1. The van der Waals surface area contributed by atoms with Crippen LogP contribution in [0.15, 0.2) is 72.3 Å². The number of rotatable bonds is 6. The van der Waals surface area contributed by atoms with Crippen molar-refractivity contribution < 1.29 is 23.9 Å². The van der Waals surface area contributed by atoms with E-state index in [1.54, 1.807) is 55.5 Å². The minimum Gasteiger partial charge on any atom is -0.497 e. The van der Waals surface area contributed by atoms with Crippen molar-refractivity contribution in [1.82, 2.24) is 5.32 Å². The quantitative estimate of drug-likeness (QED) is 0.404. The maximum Gasteiger partial charge on any atom is 0.335 e. The average Bonchev–Trinajstić information content (AvgIpc) is 2.82. The molecule has 1 aliphatic heterocycles. The highest BCUT2D eigenvalue weighted by atomic mass is 35.5. The summed E-state index contributed by atoms with van der Waals surface area (Å²) in [6.45, 7) is 1.94. The van der Waals surface area contributed by atoms with Crippen molar-refractivity contribution in [3.05, 3.63) is 94.0 Å². The maximum atomic E-state index is 13.3. The first kappa shape index (κ1) is 23.1. The van der Waals surface area contributed by atoms with E-state index in [0.717, 1.165) is 10.5 Å². The van der Waals surface area contributed by atoms with E-state index >= 15 is 0 Å². The number of halogens is 1. The Morgan fingerprint density at radius 2 is 1.74 bits per heavy atom.